The van der Waals surface area contributed by atoms with Gasteiger partial charge in [0.05, 0.1) is 30.4 Å². The summed E-state index contributed by atoms with van der Waals surface area (Å²) >= 11 is 0. The molecule has 0 radical (unpaired) electrons. The van der Waals surface area contributed by atoms with Gasteiger partial charge in [-0.15, -0.1) is 5.10 Å². The van der Waals surface area contributed by atoms with E-state index in [1.807, 2.05) is 72.9 Å². The summed E-state index contributed by atoms with van der Waals surface area (Å²) in [6.45, 7) is 6.20. The zero-order valence-electron chi connectivity index (χ0n) is 25.1. The van der Waals surface area contributed by atoms with E-state index in [0.29, 0.717) is 24.2 Å². The van der Waals surface area contributed by atoms with Crippen molar-refractivity contribution < 1.29 is 18.7 Å². The number of aliphatic hydroxyl groups excluding tert-OH is 1. The third-order valence-electron chi connectivity index (χ3n) is 8.57. The van der Waals surface area contributed by atoms with Gasteiger partial charge in [-0.2, -0.15) is 0 Å². The molecule has 1 saturated heterocycles. The van der Waals surface area contributed by atoms with Crippen LogP contribution in [0.1, 0.15) is 52.9 Å². The van der Waals surface area contributed by atoms with Crippen LogP contribution in [0, 0.1) is 5.92 Å². The number of nitrogens with one attached hydrogen (secondary N) is 1. The summed E-state index contributed by atoms with van der Waals surface area (Å²) in [7, 11) is -3.01. The van der Waals surface area contributed by atoms with Gasteiger partial charge in [-0.1, -0.05) is 72.8 Å². The summed E-state index contributed by atoms with van der Waals surface area (Å²) in [5.74, 6) is -0.282. The van der Waals surface area contributed by atoms with E-state index >= 15 is 4.11 Å². The highest BCUT2D eigenvalue weighted by Gasteiger charge is 2.50. The minimum Gasteiger partial charge on any atom is -0.395 e. The van der Waals surface area contributed by atoms with E-state index in [0.717, 1.165) is 29.7 Å². The SMILES string of the molecule is C[C@@H]1[C@@H]([Si](C)(C)F)[C@H](CCn2cc(C(CO)c3ccccc3)nn2)O[C@@H]1CCc1cccc(NC(=O)c2ccccc2)c1. The first-order valence-corrected chi connectivity index (χ1v) is 18.0. The Morgan fingerprint density at radius 3 is 2.44 bits per heavy atom. The first kappa shape index (κ1) is 30.8. The molecule has 1 aliphatic heterocycles. The fourth-order valence-corrected chi connectivity index (χ4v) is 9.05. The highest BCUT2D eigenvalue weighted by atomic mass is 28.4. The molecule has 0 bridgehead atoms. The monoisotopic (exact) mass is 600 g/mol. The minimum atomic E-state index is -3.01. The summed E-state index contributed by atoms with van der Waals surface area (Å²) in [6, 6.07) is 26.8. The van der Waals surface area contributed by atoms with Gasteiger partial charge in [-0.05, 0) is 73.7 Å². The molecule has 0 aliphatic carbocycles. The molecule has 2 heterocycles. The molecule has 0 spiro atoms. The number of amides is 1. The van der Waals surface area contributed by atoms with Gasteiger partial charge in [-0.25, -0.2) is 0 Å². The lowest BCUT2D eigenvalue weighted by molar-refractivity contribution is 0.0247. The number of anilines is 1. The maximum absolute atomic E-state index is 15.7. The number of hydrogen-bond acceptors (Lipinski definition) is 5. The average Bonchev–Trinajstić information content (AvgIpc) is 3.60. The Morgan fingerprint density at radius 2 is 1.74 bits per heavy atom. The van der Waals surface area contributed by atoms with E-state index in [1.165, 1.54) is 0 Å². The van der Waals surface area contributed by atoms with Crippen LogP contribution >= 0.6 is 0 Å². The number of halogens is 1. The van der Waals surface area contributed by atoms with Gasteiger partial charge in [0, 0.05) is 29.5 Å². The summed E-state index contributed by atoms with van der Waals surface area (Å²) < 4.78 is 24.0. The number of benzene rings is 3. The number of ether oxygens (including phenoxy) is 1. The standard InChI is InChI=1S/C34H41FN4O3Si/c1-24-31(18-17-25-11-10-16-28(21-25)36-34(41)27-14-8-5-9-15-27)42-32(33(24)43(2,3)35)19-20-39-22-30(37-38-39)29(23-40)26-12-6-4-7-13-26/h4-16,21-22,24,29,31-33,40H,17-20,23H2,1-3H3,(H,36,41)/t24-,29?,31+,32-,33+/m0/s1. The topological polar surface area (TPSA) is 89.3 Å². The maximum atomic E-state index is 15.7. The Bertz CT molecular complexity index is 1480. The van der Waals surface area contributed by atoms with Crippen molar-refractivity contribution in [3.8, 4) is 0 Å². The van der Waals surface area contributed by atoms with Crippen LogP contribution in [-0.2, 0) is 17.7 Å². The Labute approximate surface area is 254 Å². The molecule has 226 valence electrons. The van der Waals surface area contributed by atoms with Crippen molar-refractivity contribution in [3.05, 3.63) is 114 Å². The lowest BCUT2D eigenvalue weighted by Gasteiger charge is -2.28. The molecule has 2 N–H and O–H groups in total. The van der Waals surface area contributed by atoms with Crippen LogP contribution < -0.4 is 5.32 Å². The van der Waals surface area contributed by atoms with Gasteiger partial charge < -0.3 is 19.3 Å². The van der Waals surface area contributed by atoms with Crippen molar-refractivity contribution >= 4 is 20.0 Å². The fraction of sp³-hybridized carbons (Fsp3) is 0.382. The van der Waals surface area contributed by atoms with E-state index in [4.69, 9.17) is 4.74 Å². The Balaban J connectivity index is 1.20. The normalized spacial score (nSPS) is 21.0. The molecule has 1 unspecified atom stereocenters. The molecule has 0 saturated carbocycles. The van der Waals surface area contributed by atoms with Crippen LogP contribution in [0.3, 0.4) is 0 Å². The molecule has 5 atom stereocenters. The molecule has 5 rings (SSSR count). The fourth-order valence-electron chi connectivity index (χ4n) is 6.45. The van der Waals surface area contributed by atoms with E-state index in [9.17, 15) is 9.90 Å². The van der Waals surface area contributed by atoms with Crippen molar-refractivity contribution in [2.24, 2.45) is 5.92 Å². The Hall–Kier alpha value is -3.66. The molecule has 9 heteroatoms. The number of carbonyl (C=O) groups is 1. The summed E-state index contributed by atoms with van der Waals surface area (Å²) in [5.41, 5.74) is 4.05. The lowest BCUT2D eigenvalue weighted by Crippen LogP contribution is -2.36. The molecular formula is C34H41FN4O3Si. The van der Waals surface area contributed by atoms with Gasteiger partial charge in [0.2, 0.25) is 8.41 Å². The summed E-state index contributed by atoms with van der Waals surface area (Å²) in [4.78, 5) is 12.6. The van der Waals surface area contributed by atoms with Gasteiger partial charge >= 0.3 is 0 Å². The van der Waals surface area contributed by atoms with Gasteiger partial charge in [0.15, 0.2) is 0 Å². The second kappa shape index (κ2) is 13.8. The predicted molar refractivity (Wildman–Crippen MR) is 169 cm³/mol. The number of carbonyl (C=O) groups excluding carboxylic acids is 1. The van der Waals surface area contributed by atoms with Crippen molar-refractivity contribution in [1.29, 1.82) is 0 Å². The average molecular weight is 601 g/mol. The molecule has 7 nitrogen and oxygen atoms in total. The minimum absolute atomic E-state index is 0.0525. The first-order valence-electron chi connectivity index (χ1n) is 15.1. The highest BCUT2D eigenvalue weighted by Crippen LogP contribution is 2.47. The van der Waals surface area contributed by atoms with E-state index < -0.39 is 8.41 Å². The number of aromatic nitrogens is 3. The van der Waals surface area contributed by atoms with E-state index in [2.05, 4.69) is 28.6 Å². The maximum Gasteiger partial charge on any atom is 0.255 e. The lowest BCUT2D eigenvalue weighted by atomic mass is 9.95. The van der Waals surface area contributed by atoms with Crippen LogP contribution in [-0.4, -0.2) is 53.2 Å². The third-order valence-corrected chi connectivity index (χ3v) is 11.1. The number of aryl methyl sites for hydroxylation is 2. The smallest absolute Gasteiger partial charge is 0.255 e. The van der Waals surface area contributed by atoms with Gasteiger partial charge in [-0.3, -0.25) is 9.48 Å². The van der Waals surface area contributed by atoms with Crippen LogP contribution in [0.5, 0.6) is 0 Å². The Kier molecular flexibility index (Phi) is 9.85. The number of hydrogen-bond donors (Lipinski definition) is 2. The molecule has 3 aromatic carbocycles. The number of rotatable bonds is 12. The highest BCUT2D eigenvalue weighted by molar-refractivity contribution is 6.72. The van der Waals surface area contributed by atoms with E-state index in [1.54, 1.807) is 29.9 Å². The largest absolute Gasteiger partial charge is 0.395 e. The van der Waals surface area contributed by atoms with Crippen LogP contribution in [0.25, 0.3) is 0 Å². The van der Waals surface area contributed by atoms with Gasteiger partial charge in [0.1, 0.15) is 0 Å². The number of aliphatic hydroxyl groups is 1. The molecule has 1 aliphatic rings. The quantitative estimate of drug-likeness (QED) is 0.141. The zero-order chi connectivity index (χ0) is 30.4. The molecule has 4 aromatic rings. The van der Waals surface area contributed by atoms with Gasteiger partial charge in [0.25, 0.3) is 5.91 Å². The predicted octanol–water partition coefficient (Wildman–Crippen LogP) is 6.63. The second-order valence-corrected chi connectivity index (χ2v) is 15.9. The summed E-state index contributed by atoms with van der Waals surface area (Å²) in [5, 5.41) is 21.6. The van der Waals surface area contributed by atoms with E-state index in [-0.39, 0.29) is 42.1 Å². The van der Waals surface area contributed by atoms with Crippen molar-refractivity contribution in [1.82, 2.24) is 15.0 Å². The molecule has 1 fully saturated rings. The van der Waals surface area contributed by atoms with Crippen LogP contribution in [0.2, 0.25) is 18.6 Å². The van der Waals surface area contributed by atoms with Crippen LogP contribution in [0.15, 0.2) is 91.1 Å². The second-order valence-electron chi connectivity index (χ2n) is 12.1. The number of nitrogens with zero attached hydrogens (tertiary/aromatic N) is 3. The molecular weight excluding hydrogens is 559 g/mol. The Morgan fingerprint density at radius 1 is 1.02 bits per heavy atom. The van der Waals surface area contributed by atoms with Crippen molar-refractivity contribution in [3.63, 3.8) is 0 Å². The van der Waals surface area contributed by atoms with Crippen LogP contribution in [0.4, 0.5) is 9.80 Å². The zero-order valence-corrected chi connectivity index (χ0v) is 26.1. The molecule has 1 aromatic heterocycles. The summed E-state index contributed by atoms with van der Waals surface area (Å²) in [6.07, 6.45) is 3.82. The molecule has 43 heavy (non-hydrogen) atoms. The molecule has 1 amide bonds. The first-order chi connectivity index (χ1) is 20.7. The third kappa shape index (κ3) is 7.65. The van der Waals surface area contributed by atoms with Crippen molar-refractivity contribution in [2.45, 2.75) is 69.5 Å². The van der Waals surface area contributed by atoms with Crippen molar-refractivity contribution in [2.75, 3.05) is 11.9 Å².